The summed E-state index contributed by atoms with van der Waals surface area (Å²) in [6, 6.07) is 18.6. The number of furan rings is 1. The van der Waals surface area contributed by atoms with Crippen LogP contribution in [-0.4, -0.2) is 65.3 Å². The number of carbonyl (C=O) groups excluding carboxylic acids is 2. The molecular formula is C34H29Cl2F3N4O4. The summed E-state index contributed by atoms with van der Waals surface area (Å²) < 4.78 is 52.3. The number of urea groups is 1. The Morgan fingerprint density at radius 3 is 2.09 bits per heavy atom. The fourth-order valence-corrected chi connectivity index (χ4v) is 6.07. The normalized spacial score (nSPS) is 18.3. The van der Waals surface area contributed by atoms with Crippen LogP contribution in [-0.2, 0) is 6.18 Å². The Morgan fingerprint density at radius 2 is 1.51 bits per heavy atom. The van der Waals surface area contributed by atoms with Gasteiger partial charge in [0.05, 0.1) is 30.0 Å². The predicted octanol–water partition coefficient (Wildman–Crippen LogP) is 8.13. The standard InChI is InChI=1S/C34H29Cl2F3N4O4/c1-2-46-28-20-23(34(37,38)39)9-14-26(28)31-40-29(21-5-10-24(35)11-6-21)30(22-7-12-25(36)13-8-22)43(31)33(45)42-17-15-41(16-18-42)32(44)27-4-3-19-47-27/h3-14,19-20,29-30H,2,15-18H2,1H3. The number of aliphatic imine (C=N–C) groups is 1. The van der Waals surface area contributed by atoms with Gasteiger partial charge in [-0.3, -0.25) is 14.7 Å². The molecule has 47 heavy (non-hydrogen) atoms. The third-order valence-electron chi connectivity index (χ3n) is 8.11. The molecule has 0 aliphatic carbocycles. The van der Waals surface area contributed by atoms with Crippen molar-refractivity contribution in [2.75, 3.05) is 32.8 Å². The maximum atomic E-state index is 14.6. The van der Waals surface area contributed by atoms with E-state index in [1.165, 1.54) is 17.2 Å². The van der Waals surface area contributed by atoms with Gasteiger partial charge >= 0.3 is 12.2 Å². The molecule has 0 radical (unpaired) electrons. The van der Waals surface area contributed by atoms with Crippen LogP contribution >= 0.6 is 23.2 Å². The smallest absolute Gasteiger partial charge is 0.416 e. The Morgan fingerprint density at radius 1 is 0.894 bits per heavy atom. The van der Waals surface area contributed by atoms with E-state index in [1.807, 2.05) is 0 Å². The summed E-state index contributed by atoms with van der Waals surface area (Å²) in [5.41, 5.74) is 0.788. The SMILES string of the molecule is CCOc1cc(C(F)(F)F)ccc1C1=NC(c2ccc(Cl)cc2)C(c2ccc(Cl)cc2)N1C(=O)N1CCN(C(=O)c2ccco2)CC1. The molecular weight excluding hydrogens is 656 g/mol. The highest BCUT2D eigenvalue weighted by Crippen LogP contribution is 2.46. The number of piperazine rings is 1. The van der Waals surface area contributed by atoms with Crippen LogP contribution in [0.5, 0.6) is 5.75 Å². The number of amides is 3. The molecule has 2 atom stereocenters. The van der Waals surface area contributed by atoms with Crippen LogP contribution in [0, 0.1) is 0 Å². The van der Waals surface area contributed by atoms with Crippen LogP contribution in [0.4, 0.5) is 18.0 Å². The molecule has 2 aliphatic heterocycles. The molecule has 3 amide bonds. The van der Waals surface area contributed by atoms with Gasteiger partial charge < -0.3 is 19.0 Å². The average Bonchev–Trinajstić information content (AvgIpc) is 3.74. The molecule has 13 heteroatoms. The van der Waals surface area contributed by atoms with Gasteiger partial charge in [0.1, 0.15) is 17.6 Å². The molecule has 3 heterocycles. The molecule has 1 aromatic heterocycles. The van der Waals surface area contributed by atoms with E-state index in [0.29, 0.717) is 15.6 Å². The molecule has 0 bridgehead atoms. The van der Waals surface area contributed by atoms with Gasteiger partial charge in [0.25, 0.3) is 5.91 Å². The molecule has 1 fully saturated rings. The minimum atomic E-state index is -4.61. The predicted molar refractivity (Wildman–Crippen MR) is 171 cm³/mol. The monoisotopic (exact) mass is 684 g/mol. The van der Waals surface area contributed by atoms with Gasteiger partial charge in [-0.1, -0.05) is 47.5 Å². The number of halogens is 5. The van der Waals surface area contributed by atoms with Crippen molar-refractivity contribution >= 4 is 41.0 Å². The van der Waals surface area contributed by atoms with Crippen LogP contribution in [0.25, 0.3) is 0 Å². The Labute approximate surface area is 278 Å². The minimum absolute atomic E-state index is 0.0562. The first-order valence-electron chi connectivity index (χ1n) is 14.9. The third-order valence-corrected chi connectivity index (χ3v) is 8.62. The number of benzene rings is 3. The Bertz CT molecular complexity index is 1770. The zero-order valence-corrected chi connectivity index (χ0v) is 26.6. The van der Waals surface area contributed by atoms with Crippen LogP contribution in [0.1, 0.15) is 51.8 Å². The topological polar surface area (TPSA) is 78.6 Å². The third kappa shape index (κ3) is 6.68. The van der Waals surface area contributed by atoms with Crippen LogP contribution < -0.4 is 4.74 Å². The van der Waals surface area contributed by atoms with E-state index in [1.54, 1.807) is 77.4 Å². The number of ether oxygens (including phenoxy) is 1. The van der Waals surface area contributed by atoms with Gasteiger partial charge in [0.2, 0.25) is 0 Å². The molecule has 2 aliphatic rings. The molecule has 244 valence electrons. The minimum Gasteiger partial charge on any atom is -0.493 e. The maximum absolute atomic E-state index is 14.6. The van der Waals surface area contributed by atoms with Crippen molar-refractivity contribution in [3.05, 3.63) is 123 Å². The quantitative estimate of drug-likeness (QED) is 0.206. The molecule has 0 saturated carbocycles. The largest absolute Gasteiger partial charge is 0.493 e. The average molecular weight is 686 g/mol. The van der Waals surface area contributed by atoms with E-state index >= 15 is 0 Å². The molecule has 0 spiro atoms. The molecule has 1 saturated heterocycles. The maximum Gasteiger partial charge on any atom is 0.416 e. The summed E-state index contributed by atoms with van der Waals surface area (Å²) in [4.78, 5) is 37.3. The zero-order valence-electron chi connectivity index (χ0n) is 25.1. The summed E-state index contributed by atoms with van der Waals surface area (Å²) in [5, 5.41) is 1.00. The lowest BCUT2D eigenvalue weighted by atomic mass is 9.93. The van der Waals surface area contributed by atoms with E-state index in [0.717, 1.165) is 17.7 Å². The van der Waals surface area contributed by atoms with Gasteiger partial charge in [-0.25, -0.2) is 4.79 Å². The van der Waals surface area contributed by atoms with Crippen molar-refractivity contribution in [3.63, 3.8) is 0 Å². The number of hydrogen-bond donors (Lipinski definition) is 0. The second-order valence-corrected chi connectivity index (χ2v) is 11.9. The number of hydrogen-bond acceptors (Lipinski definition) is 5. The van der Waals surface area contributed by atoms with E-state index < -0.39 is 29.9 Å². The van der Waals surface area contributed by atoms with E-state index in [-0.39, 0.29) is 61.6 Å². The van der Waals surface area contributed by atoms with Crippen LogP contribution in [0.15, 0.2) is 94.5 Å². The lowest BCUT2D eigenvalue weighted by molar-refractivity contribution is -0.137. The first kappa shape index (κ1) is 32.5. The lowest BCUT2D eigenvalue weighted by Gasteiger charge is -2.39. The molecule has 4 aromatic rings. The highest BCUT2D eigenvalue weighted by molar-refractivity contribution is 6.30. The molecule has 8 nitrogen and oxygen atoms in total. The van der Waals surface area contributed by atoms with E-state index in [2.05, 4.69) is 0 Å². The number of nitrogens with zero attached hydrogens (tertiary/aromatic N) is 4. The van der Waals surface area contributed by atoms with Crippen LogP contribution in [0.3, 0.4) is 0 Å². The number of carbonyl (C=O) groups is 2. The fraction of sp³-hybridized carbons (Fsp3) is 0.265. The number of rotatable bonds is 6. The molecule has 2 unspecified atom stereocenters. The van der Waals surface area contributed by atoms with Gasteiger partial charge in [-0.05, 0) is 72.6 Å². The van der Waals surface area contributed by atoms with Gasteiger partial charge in [-0.15, -0.1) is 0 Å². The second kappa shape index (κ2) is 13.3. The lowest BCUT2D eigenvalue weighted by Crippen LogP contribution is -2.55. The highest BCUT2D eigenvalue weighted by atomic mass is 35.5. The van der Waals surface area contributed by atoms with Crippen molar-refractivity contribution in [3.8, 4) is 5.75 Å². The number of amidine groups is 1. The van der Waals surface area contributed by atoms with Crippen molar-refractivity contribution in [2.45, 2.75) is 25.2 Å². The summed E-state index contributed by atoms with van der Waals surface area (Å²) in [7, 11) is 0. The first-order valence-corrected chi connectivity index (χ1v) is 15.6. The Balaban J connectivity index is 1.44. The van der Waals surface area contributed by atoms with Gasteiger partial charge in [-0.2, -0.15) is 13.2 Å². The Hall–Kier alpha value is -4.48. The Kier molecular flexibility index (Phi) is 9.20. The summed E-state index contributed by atoms with van der Waals surface area (Å²) in [6.07, 6.45) is -3.19. The van der Waals surface area contributed by atoms with Crippen molar-refractivity contribution in [1.82, 2.24) is 14.7 Å². The summed E-state index contributed by atoms with van der Waals surface area (Å²) in [6.45, 7) is 2.67. The van der Waals surface area contributed by atoms with Gasteiger partial charge in [0.15, 0.2) is 5.76 Å². The van der Waals surface area contributed by atoms with Crippen LogP contribution in [0.2, 0.25) is 10.0 Å². The number of alkyl halides is 3. The molecule has 6 rings (SSSR count). The summed E-state index contributed by atoms with van der Waals surface area (Å²) in [5.74, 6) is 0.0251. The van der Waals surface area contributed by atoms with Crippen molar-refractivity contribution < 1.29 is 31.9 Å². The fourth-order valence-electron chi connectivity index (χ4n) is 5.82. The highest BCUT2D eigenvalue weighted by Gasteiger charge is 2.45. The summed E-state index contributed by atoms with van der Waals surface area (Å²) >= 11 is 12.4. The van der Waals surface area contributed by atoms with E-state index in [4.69, 9.17) is 37.3 Å². The first-order chi connectivity index (χ1) is 22.5. The molecule has 0 N–H and O–H groups in total. The zero-order chi connectivity index (χ0) is 33.3. The van der Waals surface area contributed by atoms with Crippen molar-refractivity contribution in [1.29, 1.82) is 0 Å². The second-order valence-electron chi connectivity index (χ2n) is 11.0. The van der Waals surface area contributed by atoms with E-state index in [9.17, 15) is 22.8 Å². The van der Waals surface area contributed by atoms with Gasteiger partial charge in [0, 0.05) is 36.2 Å². The van der Waals surface area contributed by atoms with Crippen molar-refractivity contribution in [2.24, 2.45) is 4.99 Å². The molecule has 3 aromatic carbocycles.